The van der Waals surface area contributed by atoms with E-state index in [1.54, 1.807) is 41.7 Å². The molecule has 7 heteroatoms. The fraction of sp³-hybridized carbons (Fsp3) is 0.353. The number of aryl methyl sites for hydroxylation is 2. The third kappa shape index (κ3) is 3.47. The first kappa shape index (κ1) is 17.0. The summed E-state index contributed by atoms with van der Waals surface area (Å²) in [7, 11) is 0. The maximum absolute atomic E-state index is 12.0. The van der Waals surface area contributed by atoms with E-state index in [2.05, 4.69) is 28.8 Å². The van der Waals surface area contributed by atoms with E-state index in [4.69, 9.17) is 4.74 Å². The van der Waals surface area contributed by atoms with Crippen molar-refractivity contribution >= 4 is 33.3 Å². The Bertz CT molecular complexity index is 918. The number of rotatable bonds is 6. The van der Waals surface area contributed by atoms with Crippen molar-refractivity contribution in [2.24, 2.45) is 0 Å². The summed E-state index contributed by atoms with van der Waals surface area (Å²) in [6, 6.07) is 1.60. The molecule has 0 radical (unpaired) electrons. The number of aromatic amines is 1. The number of hydrogen-bond acceptors (Lipinski definition) is 6. The molecule has 3 aromatic rings. The second-order valence-electron chi connectivity index (χ2n) is 5.47. The molecule has 24 heavy (non-hydrogen) atoms. The molecule has 3 rings (SSSR count). The minimum absolute atomic E-state index is 0.0896. The Balaban J connectivity index is 1.79. The van der Waals surface area contributed by atoms with E-state index in [1.165, 1.54) is 10.4 Å². The van der Waals surface area contributed by atoms with Crippen molar-refractivity contribution in [3.63, 3.8) is 0 Å². The summed E-state index contributed by atoms with van der Waals surface area (Å²) in [5, 5.41) is 2.07. The van der Waals surface area contributed by atoms with Crippen molar-refractivity contribution in [2.45, 2.75) is 38.0 Å². The SMILES string of the molecule is CCCOc1c[nH]c(CSc2ncnc3sc(C)c(C)c23)cc1=O. The molecule has 0 amide bonds. The van der Waals surface area contributed by atoms with Crippen LogP contribution in [0.15, 0.2) is 28.4 Å². The summed E-state index contributed by atoms with van der Waals surface area (Å²) in [4.78, 5) is 26.2. The van der Waals surface area contributed by atoms with Gasteiger partial charge in [-0.1, -0.05) is 18.7 Å². The zero-order valence-corrected chi connectivity index (χ0v) is 15.5. The number of ether oxygens (including phenoxy) is 1. The Hall–Kier alpha value is -1.86. The zero-order valence-electron chi connectivity index (χ0n) is 13.9. The first-order valence-corrected chi connectivity index (χ1v) is 9.58. The zero-order chi connectivity index (χ0) is 17.1. The minimum atomic E-state index is -0.0896. The van der Waals surface area contributed by atoms with Crippen LogP contribution >= 0.6 is 23.1 Å². The summed E-state index contributed by atoms with van der Waals surface area (Å²) in [5.74, 6) is 1.02. The fourth-order valence-electron chi connectivity index (χ4n) is 2.31. The van der Waals surface area contributed by atoms with Crippen molar-refractivity contribution in [2.75, 3.05) is 6.61 Å². The van der Waals surface area contributed by atoms with Crippen LogP contribution in [0, 0.1) is 13.8 Å². The first-order chi connectivity index (χ1) is 11.6. The molecule has 1 N–H and O–H groups in total. The van der Waals surface area contributed by atoms with Crippen molar-refractivity contribution in [3.8, 4) is 5.75 Å². The van der Waals surface area contributed by atoms with Gasteiger partial charge in [-0.15, -0.1) is 11.3 Å². The first-order valence-electron chi connectivity index (χ1n) is 7.78. The lowest BCUT2D eigenvalue weighted by atomic mass is 10.2. The maximum atomic E-state index is 12.0. The van der Waals surface area contributed by atoms with Gasteiger partial charge >= 0.3 is 0 Å². The largest absolute Gasteiger partial charge is 0.488 e. The van der Waals surface area contributed by atoms with Crippen molar-refractivity contribution in [1.29, 1.82) is 0 Å². The van der Waals surface area contributed by atoms with Gasteiger partial charge in [-0.2, -0.15) is 0 Å². The molecule has 126 valence electrons. The highest BCUT2D eigenvalue weighted by Crippen LogP contribution is 2.35. The second-order valence-corrected chi connectivity index (χ2v) is 7.63. The van der Waals surface area contributed by atoms with Crippen LogP contribution < -0.4 is 10.2 Å². The lowest BCUT2D eigenvalue weighted by Gasteiger charge is -2.06. The lowest BCUT2D eigenvalue weighted by molar-refractivity contribution is 0.313. The predicted molar refractivity (Wildman–Crippen MR) is 99.3 cm³/mol. The molecule has 0 fully saturated rings. The van der Waals surface area contributed by atoms with Crippen LogP contribution in [-0.2, 0) is 5.75 Å². The van der Waals surface area contributed by atoms with E-state index < -0.39 is 0 Å². The summed E-state index contributed by atoms with van der Waals surface area (Å²) in [6.45, 7) is 6.76. The summed E-state index contributed by atoms with van der Waals surface area (Å²) in [6.07, 6.45) is 4.12. The van der Waals surface area contributed by atoms with E-state index in [0.29, 0.717) is 18.1 Å². The topological polar surface area (TPSA) is 67.9 Å². The fourth-order valence-corrected chi connectivity index (χ4v) is 4.35. The highest BCUT2D eigenvalue weighted by molar-refractivity contribution is 7.98. The Morgan fingerprint density at radius 3 is 2.92 bits per heavy atom. The highest BCUT2D eigenvalue weighted by atomic mass is 32.2. The molecular formula is C17H19N3O2S2. The van der Waals surface area contributed by atoms with Gasteiger partial charge in [0.1, 0.15) is 16.2 Å². The predicted octanol–water partition coefficient (Wildman–Crippen LogP) is 4.08. The number of pyridine rings is 1. The van der Waals surface area contributed by atoms with Crippen LogP contribution in [-0.4, -0.2) is 21.6 Å². The summed E-state index contributed by atoms with van der Waals surface area (Å²) in [5.41, 5.74) is 1.99. The van der Waals surface area contributed by atoms with Crippen molar-refractivity contribution in [3.05, 3.63) is 44.9 Å². The minimum Gasteiger partial charge on any atom is -0.488 e. The van der Waals surface area contributed by atoms with Gasteiger partial charge in [-0.3, -0.25) is 4.79 Å². The van der Waals surface area contributed by atoms with Gasteiger partial charge in [-0.25, -0.2) is 9.97 Å². The normalized spacial score (nSPS) is 11.1. The van der Waals surface area contributed by atoms with Crippen molar-refractivity contribution in [1.82, 2.24) is 15.0 Å². The number of aromatic nitrogens is 3. The number of hydrogen-bond donors (Lipinski definition) is 1. The molecule has 3 aromatic heterocycles. The molecule has 0 bridgehead atoms. The van der Waals surface area contributed by atoms with Crippen LogP contribution in [0.5, 0.6) is 5.75 Å². The van der Waals surface area contributed by atoms with Gasteiger partial charge in [0, 0.05) is 34.0 Å². The molecule has 0 spiro atoms. The van der Waals surface area contributed by atoms with Crippen molar-refractivity contribution < 1.29 is 4.74 Å². The Morgan fingerprint density at radius 1 is 1.33 bits per heavy atom. The average Bonchev–Trinajstić information content (AvgIpc) is 2.87. The van der Waals surface area contributed by atoms with Gasteiger partial charge in [0.25, 0.3) is 0 Å². The third-order valence-corrected chi connectivity index (χ3v) is 5.85. The molecule has 3 heterocycles. The van der Waals surface area contributed by atoms with Crippen LogP contribution in [0.4, 0.5) is 0 Å². The monoisotopic (exact) mass is 361 g/mol. The maximum Gasteiger partial charge on any atom is 0.223 e. The number of nitrogens with zero attached hydrogens (tertiary/aromatic N) is 2. The second kappa shape index (κ2) is 7.36. The van der Waals surface area contributed by atoms with Gasteiger partial charge in [0.2, 0.25) is 5.43 Å². The molecule has 0 saturated carbocycles. The lowest BCUT2D eigenvalue weighted by Crippen LogP contribution is -2.09. The van der Waals surface area contributed by atoms with Gasteiger partial charge in [0.05, 0.1) is 6.61 Å². The molecule has 0 aromatic carbocycles. The summed E-state index contributed by atoms with van der Waals surface area (Å²) < 4.78 is 5.41. The van der Waals surface area contributed by atoms with Gasteiger partial charge in [0.15, 0.2) is 5.75 Å². The molecule has 0 aliphatic rings. The van der Waals surface area contributed by atoms with Gasteiger partial charge in [-0.05, 0) is 25.8 Å². The van der Waals surface area contributed by atoms with Gasteiger partial charge < -0.3 is 9.72 Å². The molecule has 0 saturated heterocycles. The molecule has 5 nitrogen and oxygen atoms in total. The number of thioether (sulfide) groups is 1. The van der Waals surface area contributed by atoms with E-state index in [0.717, 1.165) is 27.4 Å². The Labute approximate surface area is 148 Å². The number of H-pyrrole nitrogens is 1. The molecule has 0 atom stereocenters. The highest BCUT2D eigenvalue weighted by Gasteiger charge is 2.12. The Kier molecular flexibility index (Phi) is 5.20. The number of nitrogens with one attached hydrogen (secondary N) is 1. The van der Waals surface area contributed by atoms with E-state index in [9.17, 15) is 4.79 Å². The smallest absolute Gasteiger partial charge is 0.223 e. The standard InChI is InChI=1S/C17H19N3O2S2/c1-4-5-22-14-7-18-12(6-13(14)21)8-23-16-15-10(2)11(3)24-17(15)20-9-19-16/h6-7,9H,4-5,8H2,1-3H3,(H,18,21). The average molecular weight is 361 g/mol. The third-order valence-electron chi connectivity index (χ3n) is 3.69. The van der Waals surface area contributed by atoms with E-state index >= 15 is 0 Å². The number of fused-ring (bicyclic) bond motifs is 1. The Morgan fingerprint density at radius 2 is 2.17 bits per heavy atom. The quantitative estimate of drug-likeness (QED) is 0.529. The molecule has 0 unspecified atom stereocenters. The molecule has 0 aliphatic heterocycles. The van der Waals surface area contributed by atoms with E-state index in [1.807, 2.05) is 6.92 Å². The molecular weight excluding hydrogens is 342 g/mol. The number of thiophene rings is 1. The van der Waals surface area contributed by atoms with Crippen LogP contribution in [0.25, 0.3) is 10.2 Å². The molecule has 0 aliphatic carbocycles. The van der Waals surface area contributed by atoms with Crippen LogP contribution in [0.2, 0.25) is 0 Å². The van der Waals surface area contributed by atoms with Crippen LogP contribution in [0.1, 0.15) is 29.5 Å². The summed E-state index contributed by atoms with van der Waals surface area (Å²) >= 11 is 3.30. The van der Waals surface area contributed by atoms with E-state index in [-0.39, 0.29) is 5.43 Å². The van der Waals surface area contributed by atoms with Crippen LogP contribution in [0.3, 0.4) is 0 Å².